The molecule has 0 fully saturated rings. The van der Waals surface area contributed by atoms with Crippen LogP contribution in [0, 0.1) is 0 Å². The van der Waals surface area contributed by atoms with Crippen molar-refractivity contribution in [3.05, 3.63) is 23.8 Å². The third-order valence-electron chi connectivity index (χ3n) is 2.55. The first-order valence-electron chi connectivity index (χ1n) is 6.09. The van der Waals surface area contributed by atoms with Gasteiger partial charge in [0.2, 0.25) is 5.75 Å². The van der Waals surface area contributed by atoms with Gasteiger partial charge >= 0.3 is 6.03 Å². The lowest BCUT2D eigenvalue weighted by Crippen LogP contribution is -2.25. The number of benzene rings is 1. The fraction of sp³-hybridized carbons (Fsp3) is 0.286. The fourth-order valence-electron chi connectivity index (χ4n) is 1.59. The van der Waals surface area contributed by atoms with Crippen LogP contribution in [-0.2, 0) is 0 Å². The topological polar surface area (TPSA) is 95.2 Å². The molecule has 0 unspecified atom stereocenters. The minimum atomic E-state index is -0.712. The van der Waals surface area contributed by atoms with E-state index in [-0.39, 0.29) is 0 Å². The number of hydrogen-bond donors (Lipinski definition) is 2. The summed E-state index contributed by atoms with van der Waals surface area (Å²) < 4.78 is 15.8. The number of primary amides is 1. The van der Waals surface area contributed by atoms with E-state index in [1.807, 2.05) is 0 Å². The lowest BCUT2D eigenvalue weighted by molar-refractivity contribution is 0.249. The molecule has 1 aromatic rings. The number of carbonyl (C=O) groups is 1. The zero-order valence-corrected chi connectivity index (χ0v) is 12.5. The van der Waals surface area contributed by atoms with E-state index in [4.69, 9.17) is 19.9 Å². The molecule has 0 saturated heterocycles. The Morgan fingerprint density at radius 1 is 1.19 bits per heavy atom. The quantitative estimate of drug-likeness (QED) is 0.617. The molecule has 0 aliphatic heterocycles. The fourth-order valence-corrected chi connectivity index (χ4v) is 1.59. The second-order valence-corrected chi connectivity index (χ2v) is 4.02. The first kappa shape index (κ1) is 16.4. The molecule has 0 radical (unpaired) electrons. The van der Waals surface area contributed by atoms with E-state index in [1.165, 1.54) is 0 Å². The molecule has 1 rings (SSSR count). The Kier molecular flexibility index (Phi) is 6.06. The number of hydrazone groups is 1. The molecule has 0 aromatic heterocycles. The lowest BCUT2D eigenvalue weighted by atomic mass is 10.1. The summed E-state index contributed by atoms with van der Waals surface area (Å²) in [5.41, 5.74) is 8.50. The van der Waals surface area contributed by atoms with Crippen LogP contribution < -0.4 is 25.4 Å². The SMILES string of the molecule is COc1cc(/C=C\C(C)=N\NC(N)=O)cc(OC)c1OC. The predicted octanol–water partition coefficient (Wildman–Crippen LogP) is 1.77. The molecule has 0 saturated carbocycles. The summed E-state index contributed by atoms with van der Waals surface area (Å²) in [7, 11) is 4.64. The number of urea groups is 1. The van der Waals surface area contributed by atoms with Crippen LogP contribution in [0.3, 0.4) is 0 Å². The number of carbonyl (C=O) groups excluding carboxylic acids is 1. The van der Waals surface area contributed by atoms with Crippen LogP contribution in [0.5, 0.6) is 17.2 Å². The van der Waals surface area contributed by atoms with E-state index in [2.05, 4.69) is 10.5 Å². The van der Waals surface area contributed by atoms with E-state index in [0.29, 0.717) is 23.0 Å². The molecule has 0 spiro atoms. The van der Waals surface area contributed by atoms with Gasteiger partial charge in [0.25, 0.3) is 0 Å². The number of hydrogen-bond acceptors (Lipinski definition) is 5. The summed E-state index contributed by atoms with van der Waals surface area (Å²) >= 11 is 0. The highest BCUT2D eigenvalue weighted by Gasteiger charge is 2.11. The van der Waals surface area contributed by atoms with Crippen LogP contribution in [0.1, 0.15) is 12.5 Å². The van der Waals surface area contributed by atoms with Gasteiger partial charge in [0.05, 0.1) is 27.0 Å². The van der Waals surface area contributed by atoms with Crippen LogP contribution in [0.15, 0.2) is 23.3 Å². The van der Waals surface area contributed by atoms with Crippen molar-refractivity contribution in [1.82, 2.24) is 5.43 Å². The second kappa shape index (κ2) is 7.78. The Morgan fingerprint density at radius 2 is 1.76 bits per heavy atom. The van der Waals surface area contributed by atoms with Crippen LogP contribution >= 0.6 is 0 Å². The van der Waals surface area contributed by atoms with Gasteiger partial charge < -0.3 is 19.9 Å². The summed E-state index contributed by atoms with van der Waals surface area (Å²) in [5, 5.41) is 3.78. The van der Waals surface area contributed by atoms with Gasteiger partial charge in [-0.3, -0.25) is 0 Å². The van der Waals surface area contributed by atoms with Crippen molar-refractivity contribution < 1.29 is 19.0 Å². The van der Waals surface area contributed by atoms with Gasteiger partial charge in [-0.2, -0.15) is 5.10 Å². The number of nitrogens with one attached hydrogen (secondary N) is 1. The van der Waals surface area contributed by atoms with Gasteiger partial charge in [-0.05, 0) is 30.7 Å². The van der Waals surface area contributed by atoms with Gasteiger partial charge in [-0.25, -0.2) is 10.2 Å². The molecule has 0 bridgehead atoms. The molecule has 114 valence electrons. The van der Waals surface area contributed by atoms with Crippen molar-refractivity contribution in [2.24, 2.45) is 10.8 Å². The number of nitrogens with zero attached hydrogens (tertiary/aromatic N) is 1. The van der Waals surface area contributed by atoms with E-state index >= 15 is 0 Å². The highest BCUT2D eigenvalue weighted by atomic mass is 16.5. The molecule has 3 N–H and O–H groups in total. The van der Waals surface area contributed by atoms with Crippen LogP contribution in [0.25, 0.3) is 6.08 Å². The summed E-state index contributed by atoms with van der Waals surface area (Å²) in [4.78, 5) is 10.5. The summed E-state index contributed by atoms with van der Waals surface area (Å²) in [6.07, 6.45) is 3.52. The molecule has 7 heteroatoms. The van der Waals surface area contributed by atoms with Crippen LogP contribution in [0.4, 0.5) is 4.79 Å². The number of methoxy groups -OCH3 is 3. The Bertz CT molecular complexity index is 542. The first-order valence-corrected chi connectivity index (χ1v) is 6.09. The molecule has 0 atom stereocenters. The third-order valence-corrected chi connectivity index (χ3v) is 2.55. The van der Waals surface area contributed by atoms with Gasteiger partial charge in [0.15, 0.2) is 11.5 Å². The largest absolute Gasteiger partial charge is 0.493 e. The van der Waals surface area contributed by atoms with Crippen molar-refractivity contribution in [2.75, 3.05) is 21.3 Å². The average Bonchev–Trinajstić information content (AvgIpc) is 2.49. The van der Waals surface area contributed by atoms with Crippen LogP contribution in [0.2, 0.25) is 0 Å². The highest BCUT2D eigenvalue weighted by molar-refractivity contribution is 5.97. The lowest BCUT2D eigenvalue weighted by Gasteiger charge is -2.12. The standard InChI is InChI=1S/C14H19N3O4/c1-9(16-17-14(15)18)5-6-10-7-11(19-2)13(21-4)12(8-10)20-3/h5-8H,1-4H3,(H3,15,17,18)/b6-5-,16-9+. The zero-order chi connectivity index (χ0) is 15.8. The summed E-state index contributed by atoms with van der Waals surface area (Å²) in [6, 6.07) is 2.88. The van der Waals surface area contributed by atoms with Gasteiger partial charge in [0.1, 0.15) is 0 Å². The number of allylic oxidation sites excluding steroid dienone is 1. The maximum Gasteiger partial charge on any atom is 0.332 e. The Labute approximate surface area is 123 Å². The number of rotatable bonds is 6. The van der Waals surface area contributed by atoms with Crippen molar-refractivity contribution in [1.29, 1.82) is 0 Å². The van der Waals surface area contributed by atoms with Crippen molar-refractivity contribution in [2.45, 2.75) is 6.92 Å². The first-order chi connectivity index (χ1) is 10.0. The highest BCUT2D eigenvalue weighted by Crippen LogP contribution is 2.38. The monoisotopic (exact) mass is 293 g/mol. The second-order valence-electron chi connectivity index (χ2n) is 4.02. The molecule has 7 nitrogen and oxygen atoms in total. The average molecular weight is 293 g/mol. The molecule has 2 amide bonds. The molecule has 0 aliphatic carbocycles. The maximum atomic E-state index is 10.5. The number of ether oxygens (including phenoxy) is 3. The van der Waals surface area contributed by atoms with Crippen molar-refractivity contribution in [3.63, 3.8) is 0 Å². The molecular weight excluding hydrogens is 274 g/mol. The summed E-state index contributed by atoms with van der Waals surface area (Å²) in [5.74, 6) is 1.64. The van der Waals surface area contributed by atoms with E-state index in [0.717, 1.165) is 5.56 Å². The number of amides is 2. The summed E-state index contributed by atoms with van der Waals surface area (Å²) in [6.45, 7) is 1.73. The van der Waals surface area contributed by atoms with Crippen molar-refractivity contribution >= 4 is 17.8 Å². The van der Waals surface area contributed by atoms with Gasteiger partial charge in [-0.1, -0.05) is 6.08 Å². The minimum Gasteiger partial charge on any atom is -0.493 e. The van der Waals surface area contributed by atoms with Gasteiger partial charge in [0, 0.05) is 0 Å². The van der Waals surface area contributed by atoms with Crippen molar-refractivity contribution in [3.8, 4) is 17.2 Å². The third kappa shape index (κ3) is 4.72. The normalized spacial score (nSPS) is 11.3. The Balaban J connectivity index is 3.03. The molecule has 21 heavy (non-hydrogen) atoms. The number of nitrogens with two attached hydrogens (primary N) is 1. The maximum absolute atomic E-state index is 10.5. The Hall–Kier alpha value is -2.70. The minimum absolute atomic E-state index is 0.526. The van der Waals surface area contributed by atoms with E-state index in [1.54, 1.807) is 52.5 Å². The van der Waals surface area contributed by atoms with Gasteiger partial charge in [-0.15, -0.1) is 0 Å². The van der Waals surface area contributed by atoms with Crippen LogP contribution in [-0.4, -0.2) is 33.1 Å². The molecule has 0 heterocycles. The molecular formula is C14H19N3O4. The Morgan fingerprint density at radius 3 is 2.19 bits per heavy atom. The predicted molar refractivity (Wildman–Crippen MR) is 81.0 cm³/mol. The smallest absolute Gasteiger partial charge is 0.332 e. The zero-order valence-electron chi connectivity index (χ0n) is 12.5. The molecule has 0 aliphatic rings. The van der Waals surface area contributed by atoms with E-state index < -0.39 is 6.03 Å². The molecule has 1 aromatic carbocycles. The van der Waals surface area contributed by atoms with E-state index in [9.17, 15) is 4.79 Å².